The summed E-state index contributed by atoms with van der Waals surface area (Å²) in [6.45, 7) is 2.14. The molecule has 1 saturated heterocycles. The van der Waals surface area contributed by atoms with E-state index in [4.69, 9.17) is 14.9 Å². The molecule has 1 aromatic carbocycles. The molecule has 0 radical (unpaired) electrons. The van der Waals surface area contributed by atoms with Gasteiger partial charge in [-0.3, -0.25) is 19.8 Å². The number of carbonyl (C=O) groups is 4. The van der Waals surface area contributed by atoms with Gasteiger partial charge in [-0.1, -0.05) is 48.6 Å². The number of urea groups is 1. The second kappa shape index (κ2) is 9.65. The van der Waals surface area contributed by atoms with Gasteiger partial charge in [-0.25, -0.2) is 9.59 Å². The number of amides is 3. The molecule has 3 N–H and O–H groups in total. The van der Waals surface area contributed by atoms with E-state index in [1.807, 2.05) is 30.3 Å². The summed E-state index contributed by atoms with van der Waals surface area (Å²) in [4.78, 5) is 44.7. The van der Waals surface area contributed by atoms with Crippen LogP contribution >= 0.6 is 0 Å². The van der Waals surface area contributed by atoms with Gasteiger partial charge in [0.25, 0.3) is 0 Å². The molecule has 1 aromatic rings. The van der Waals surface area contributed by atoms with Crippen molar-refractivity contribution >= 4 is 23.9 Å². The molecule has 0 saturated carbocycles. The van der Waals surface area contributed by atoms with Crippen LogP contribution in [0.3, 0.4) is 0 Å². The van der Waals surface area contributed by atoms with Crippen LogP contribution in [0.2, 0.25) is 0 Å². The largest absolute Gasteiger partial charge is 0.481 e. The number of nitrogens with one attached hydrogen (secondary N) is 1. The fraction of sp³-hybridized carbons (Fsp3) is 0.300. The van der Waals surface area contributed by atoms with E-state index >= 15 is 0 Å². The average Bonchev–Trinajstić information content (AvgIpc) is 3.00. The van der Waals surface area contributed by atoms with Crippen LogP contribution in [0, 0.1) is 5.41 Å². The predicted molar refractivity (Wildman–Crippen MR) is 102 cm³/mol. The number of carboxylic acids is 2. The van der Waals surface area contributed by atoms with Crippen molar-refractivity contribution in [2.45, 2.75) is 20.0 Å². The van der Waals surface area contributed by atoms with E-state index in [9.17, 15) is 19.2 Å². The van der Waals surface area contributed by atoms with Crippen LogP contribution in [0.1, 0.15) is 18.9 Å². The van der Waals surface area contributed by atoms with Crippen molar-refractivity contribution in [3.8, 4) is 0 Å². The van der Waals surface area contributed by atoms with Gasteiger partial charge in [-0.2, -0.15) is 0 Å². The summed E-state index contributed by atoms with van der Waals surface area (Å²) >= 11 is 0. The van der Waals surface area contributed by atoms with Crippen LogP contribution in [0.25, 0.3) is 0 Å². The topological polar surface area (TPSA) is 133 Å². The third-order valence-corrected chi connectivity index (χ3v) is 4.31. The quantitative estimate of drug-likeness (QED) is 0.618. The second-order valence-electron chi connectivity index (χ2n) is 6.77. The Hall–Kier alpha value is -3.46. The zero-order valence-electron chi connectivity index (χ0n) is 15.8. The van der Waals surface area contributed by atoms with E-state index in [1.165, 1.54) is 30.1 Å². The number of hydrogen-bond acceptors (Lipinski definition) is 5. The highest BCUT2D eigenvalue weighted by Gasteiger charge is 2.34. The summed E-state index contributed by atoms with van der Waals surface area (Å²) in [5.41, 5.74) is 0.0866. The Morgan fingerprint density at radius 2 is 1.90 bits per heavy atom. The van der Waals surface area contributed by atoms with E-state index in [-0.39, 0.29) is 31.2 Å². The Morgan fingerprint density at radius 3 is 2.45 bits per heavy atom. The average molecular weight is 402 g/mol. The highest BCUT2D eigenvalue weighted by Crippen LogP contribution is 2.31. The molecule has 1 aliphatic heterocycles. The number of rotatable bonds is 6. The van der Waals surface area contributed by atoms with Crippen LogP contribution in [-0.2, 0) is 25.7 Å². The second-order valence-corrected chi connectivity index (χ2v) is 6.77. The number of nitrogens with zero attached hydrogens (tertiary/aromatic N) is 1. The Balaban J connectivity index is 0.000000212. The molecule has 3 rings (SSSR count). The number of allylic oxidation sites excluding steroid dienone is 2. The van der Waals surface area contributed by atoms with Crippen LogP contribution in [0.5, 0.6) is 0 Å². The molecule has 2 aliphatic rings. The molecule has 3 amide bonds. The third-order valence-electron chi connectivity index (χ3n) is 4.31. The summed E-state index contributed by atoms with van der Waals surface area (Å²) in [6, 6.07) is 9.26. The van der Waals surface area contributed by atoms with E-state index in [0.29, 0.717) is 6.61 Å². The van der Waals surface area contributed by atoms with E-state index in [1.54, 1.807) is 0 Å². The fourth-order valence-corrected chi connectivity index (χ4v) is 2.62. The van der Waals surface area contributed by atoms with Gasteiger partial charge in [-0.15, -0.1) is 0 Å². The maximum Gasteiger partial charge on any atom is 0.331 e. The fourth-order valence-electron chi connectivity index (χ4n) is 2.62. The molecule has 154 valence electrons. The number of ether oxygens (including phenoxy) is 1. The first-order valence-corrected chi connectivity index (χ1v) is 8.77. The Kier molecular flexibility index (Phi) is 7.27. The van der Waals surface area contributed by atoms with Crippen molar-refractivity contribution in [2.24, 2.45) is 5.41 Å². The molecule has 1 atom stereocenters. The highest BCUT2D eigenvalue weighted by molar-refractivity contribution is 6.01. The zero-order chi connectivity index (χ0) is 21.4. The first-order chi connectivity index (χ1) is 13.7. The molecular weight excluding hydrogens is 380 g/mol. The number of carbonyl (C=O) groups excluding carboxylic acids is 2. The lowest BCUT2D eigenvalue weighted by atomic mass is 9.80. The van der Waals surface area contributed by atoms with Gasteiger partial charge in [0.2, 0.25) is 5.91 Å². The van der Waals surface area contributed by atoms with Gasteiger partial charge in [0.15, 0.2) is 0 Å². The minimum atomic E-state index is -1.08. The van der Waals surface area contributed by atoms with Crippen molar-refractivity contribution in [3.05, 3.63) is 59.7 Å². The molecule has 1 fully saturated rings. The van der Waals surface area contributed by atoms with Crippen LogP contribution in [0.4, 0.5) is 4.79 Å². The molecule has 0 spiro atoms. The van der Waals surface area contributed by atoms with Gasteiger partial charge in [0, 0.05) is 5.57 Å². The van der Waals surface area contributed by atoms with Crippen molar-refractivity contribution in [1.82, 2.24) is 10.2 Å². The van der Waals surface area contributed by atoms with E-state index in [2.05, 4.69) is 5.32 Å². The molecule has 1 aliphatic carbocycles. The third kappa shape index (κ3) is 6.28. The van der Waals surface area contributed by atoms with Gasteiger partial charge in [-0.05, 0) is 18.9 Å². The van der Waals surface area contributed by atoms with Crippen molar-refractivity contribution < 1.29 is 34.1 Å². The molecule has 9 heteroatoms. The number of hydrogen-bond donors (Lipinski definition) is 3. The van der Waals surface area contributed by atoms with Crippen molar-refractivity contribution in [1.29, 1.82) is 0 Å². The first kappa shape index (κ1) is 21.8. The molecule has 0 aromatic heterocycles. The van der Waals surface area contributed by atoms with Crippen molar-refractivity contribution in [3.63, 3.8) is 0 Å². The number of aliphatic carboxylic acids is 2. The van der Waals surface area contributed by atoms with Crippen LogP contribution < -0.4 is 5.32 Å². The zero-order valence-corrected chi connectivity index (χ0v) is 15.8. The normalized spacial score (nSPS) is 20.4. The lowest BCUT2D eigenvalue weighted by Gasteiger charge is -2.23. The highest BCUT2D eigenvalue weighted by atomic mass is 16.5. The Morgan fingerprint density at radius 1 is 1.21 bits per heavy atom. The molecule has 29 heavy (non-hydrogen) atoms. The minimum absolute atomic E-state index is 0.0359. The van der Waals surface area contributed by atoms with Crippen molar-refractivity contribution in [2.75, 3.05) is 13.3 Å². The summed E-state index contributed by atoms with van der Waals surface area (Å²) < 4.78 is 5.34. The molecule has 1 heterocycles. The number of carboxylic acid groups (broad SMARTS) is 2. The van der Waals surface area contributed by atoms with Gasteiger partial charge < -0.3 is 14.9 Å². The Labute approximate surface area is 167 Å². The van der Waals surface area contributed by atoms with Gasteiger partial charge >= 0.3 is 18.0 Å². The molecule has 1 unspecified atom stereocenters. The standard InChI is InChI=1S/C11H12N2O3.C9H10O4/c14-10-6-13(11(15)12-10)8-16-7-9-4-2-1-3-5-9;1-9(8(12)13)4-2-3-6(5-9)7(10)11/h1-5H,6-8H2,(H,12,14,15);2-4H,5H2,1H3,(H,10,11)(H,12,13). The van der Waals surface area contributed by atoms with Crippen LogP contribution in [-0.4, -0.2) is 52.3 Å². The molecule has 9 nitrogen and oxygen atoms in total. The van der Waals surface area contributed by atoms with E-state index in [0.717, 1.165) is 5.56 Å². The SMILES string of the molecule is CC1(C(=O)O)C=CC=C(C(=O)O)C1.O=C1CN(COCc2ccccc2)C(=O)N1. The first-order valence-electron chi connectivity index (χ1n) is 8.77. The summed E-state index contributed by atoms with van der Waals surface area (Å²) in [5.74, 6) is -2.35. The summed E-state index contributed by atoms with van der Waals surface area (Å²) in [7, 11) is 0. The minimum Gasteiger partial charge on any atom is -0.481 e. The lowest BCUT2D eigenvalue weighted by Crippen LogP contribution is -2.30. The maximum atomic E-state index is 11.1. The molecular formula is C20H22N2O7. The number of benzene rings is 1. The van der Waals surface area contributed by atoms with Gasteiger partial charge in [0.1, 0.15) is 13.3 Å². The monoisotopic (exact) mass is 402 g/mol. The molecule has 0 bridgehead atoms. The maximum absolute atomic E-state index is 11.1. The smallest absolute Gasteiger partial charge is 0.331 e. The van der Waals surface area contributed by atoms with E-state index < -0.39 is 23.4 Å². The summed E-state index contributed by atoms with van der Waals surface area (Å²) in [6.07, 6.45) is 4.43. The lowest BCUT2D eigenvalue weighted by molar-refractivity contribution is -0.145. The predicted octanol–water partition coefficient (Wildman–Crippen LogP) is 1.76. The Bertz CT molecular complexity index is 848. The number of imide groups is 1. The van der Waals surface area contributed by atoms with Crippen LogP contribution in [0.15, 0.2) is 54.1 Å². The summed E-state index contributed by atoms with van der Waals surface area (Å²) in [5, 5.41) is 19.7. The van der Waals surface area contributed by atoms with Gasteiger partial charge in [0.05, 0.1) is 12.0 Å².